The molecule has 0 atom stereocenters. The van der Waals surface area contributed by atoms with E-state index in [1.807, 2.05) is 0 Å². The Bertz CT molecular complexity index is 2160. The predicted molar refractivity (Wildman–Crippen MR) is 165 cm³/mol. The SMILES string of the molecule is CC1(C)C2=C/C(=C(/c3c(F)c(F)c(F)c(F)c3F)c3ccc([nH]3)C(C)(C)c3ccc([nH]3)/C(c3c(F)c(F)c(F)c(F)c3F)=C3/C=CC1=N3)N=C2. The number of nitrogens with one attached hydrogen (secondary N) is 2. The predicted octanol–water partition coefficient (Wildman–Crippen LogP) is 9.64. The van der Waals surface area contributed by atoms with Crippen LogP contribution < -0.4 is 0 Å². The van der Waals surface area contributed by atoms with Gasteiger partial charge in [0.25, 0.3) is 0 Å². The summed E-state index contributed by atoms with van der Waals surface area (Å²) in [6.45, 7) is 6.61. The summed E-state index contributed by atoms with van der Waals surface area (Å²) in [7, 11) is 0. The van der Waals surface area contributed by atoms with E-state index in [-0.39, 0.29) is 28.5 Å². The third-order valence-corrected chi connectivity index (χ3v) is 9.33. The maximum absolute atomic E-state index is 15.4. The zero-order valence-electron chi connectivity index (χ0n) is 26.3. The van der Waals surface area contributed by atoms with Crippen LogP contribution in [0.5, 0.6) is 0 Å². The number of benzene rings is 2. The van der Waals surface area contributed by atoms with Crippen LogP contribution in [0.3, 0.4) is 0 Å². The molecule has 3 aliphatic rings. The first-order chi connectivity index (χ1) is 23.5. The Kier molecular flexibility index (Phi) is 7.32. The molecule has 2 N–H and O–H groups in total. The number of aliphatic imine (C=N–C) groups is 2. The van der Waals surface area contributed by atoms with E-state index in [1.54, 1.807) is 27.7 Å². The van der Waals surface area contributed by atoms with E-state index in [9.17, 15) is 26.3 Å². The van der Waals surface area contributed by atoms with E-state index in [1.165, 1.54) is 48.7 Å². The first-order valence-corrected chi connectivity index (χ1v) is 14.9. The third-order valence-electron chi connectivity index (χ3n) is 9.33. The van der Waals surface area contributed by atoms with Gasteiger partial charge in [0.15, 0.2) is 46.5 Å². The molecule has 5 heterocycles. The van der Waals surface area contributed by atoms with E-state index >= 15 is 17.6 Å². The topological polar surface area (TPSA) is 56.3 Å². The fourth-order valence-electron chi connectivity index (χ4n) is 6.24. The zero-order chi connectivity index (χ0) is 36.2. The number of allylic oxidation sites excluding steroid dienone is 4. The van der Waals surface area contributed by atoms with Gasteiger partial charge in [0.05, 0.1) is 28.2 Å². The highest BCUT2D eigenvalue weighted by molar-refractivity contribution is 6.10. The van der Waals surface area contributed by atoms with Crippen LogP contribution in [0.4, 0.5) is 43.9 Å². The molecule has 2 aromatic carbocycles. The van der Waals surface area contributed by atoms with E-state index < -0.39 is 91.3 Å². The highest BCUT2D eigenvalue weighted by Gasteiger charge is 2.37. The molecule has 0 unspecified atom stereocenters. The molecule has 0 amide bonds. The molecule has 0 spiro atoms. The second-order valence-electron chi connectivity index (χ2n) is 12.9. The average Bonchev–Trinajstić information content (AvgIpc) is 3.91. The van der Waals surface area contributed by atoms with E-state index in [0.29, 0.717) is 17.0 Å². The summed E-state index contributed by atoms with van der Waals surface area (Å²) < 4.78 is 148. The quantitative estimate of drug-likeness (QED) is 0.119. The number of aromatic nitrogens is 2. The number of hydrogen-bond donors (Lipinski definition) is 2. The first-order valence-electron chi connectivity index (χ1n) is 14.9. The molecular formula is C36H22F10N4. The second-order valence-corrected chi connectivity index (χ2v) is 12.9. The van der Waals surface area contributed by atoms with Crippen molar-refractivity contribution in [1.82, 2.24) is 9.97 Å². The molecule has 2 aromatic heterocycles. The number of aromatic amines is 2. The zero-order valence-corrected chi connectivity index (χ0v) is 26.3. The van der Waals surface area contributed by atoms with Crippen LogP contribution in [-0.2, 0) is 5.41 Å². The molecule has 50 heavy (non-hydrogen) atoms. The normalized spacial score (nSPS) is 20.5. The van der Waals surface area contributed by atoms with Gasteiger partial charge in [-0.2, -0.15) is 0 Å². The molecule has 7 rings (SSSR count). The van der Waals surface area contributed by atoms with Gasteiger partial charge in [-0.1, -0.05) is 13.8 Å². The summed E-state index contributed by atoms with van der Waals surface area (Å²) in [6, 6.07) is 5.72. The second kappa shape index (κ2) is 11.1. The van der Waals surface area contributed by atoms with Crippen LogP contribution in [0.15, 0.2) is 69.4 Å². The lowest BCUT2D eigenvalue weighted by Gasteiger charge is -2.24. The maximum atomic E-state index is 15.4. The Balaban J connectivity index is 1.56. The largest absolute Gasteiger partial charge is 0.358 e. The number of fused-ring (bicyclic) bond motifs is 6. The van der Waals surface area contributed by atoms with Crippen LogP contribution in [0.2, 0.25) is 0 Å². The van der Waals surface area contributed by atoms with Crippen LogP contribution in [0.25, 0.3) is 11.1 Å². The smallest absolute Gasteiger partial charge is 0.200 e. The molecule has 4 aromatic rings. The van der Waals surface area contributed by atoms with Crippen molar-refractivity contribution < 1.29 is 43.9 Å². The van der Waals surface area contributed by atoms with Gasteiger partial charge in [0.1, 0.15) is 0 Å². The summed E-state index contributed by atoms with van der Waals surface area (Å²) in [6.07, 6.45) is 5.44. The summed E-state index contributed by atoms with van der Waals surface area (Å²) in [5.74, 6) is -21.5. The summed E-state index contributed by atoms with van der Waals surface area (Å²) in [4.78, 5) is 14.8. The Morgan fingerprint density at radius 2 is 0.920 bits per heavy atom. The average molecular weight is 701 g/mol. The summed E-state index contributed by atoms with van der Waals surface area (Å²) >= 11 is 0. The minimum Gasteiger partial charge on any atom is -0.358 e. The molecule has 0 radical (unpaired) electrons. The van der Waals surface area contributed by atoms with Crippen LogP contribution in [0.1, 0.15) is 61.6 Å². The van der Waals surface area contributed by atoms with Gasteiger partial charge >= 0.3 is 0 Å². The molecule has 0 fully saturated rings. The number of hydrogen-bond acceptors (Lipinski definition) is 2. The van der Waals surface area contributed by atoms with Crippen molar-refractivity contribution in [1.29, 1.82) is 0 Å². The van der Waals surface area contributed by atoms with Gasteiger partial charge in [0, 0.05) is 51.0 Å². The Morgan fingerprint density at radius 1 is 0.500 bits per heavy atom. The lowest BCUT2D eigenvalue weighted by molar-refractivity contribution is 0.376. The Labute approximate surface area is 277 Å². The van der Waals surface area contributed by atoms with Gasteiger partial charge in [-0.25, -0.2) is 43.9 Å². The van der Waals surface area contributed by atoms with Crippen molar-refractivity contribution in [2.75, 3.05) is 0 Å². The highest BCUT2D eigenvalue weighted by atomic mass is 19.2. The number of rotatable bonds is 2. The molecule has 4 nitrogen and oxygen atoms in total. The number of halogens is 10. The first kappa shape index (κ1) is 33.1. The fourth-order valence-corrected chi connectivity index (χ4v) is 6.24. The summed E-state index contributed by atoms with van der Waals surface area (Å²) in [5, 5.41) is 0. The lowest BCUT2D eigenvalue weighted by Crippen LogP contribution is -2.24. The van der Waals surface area contributed by atoms with E-state index in [2.05, 4.69) is 20.0 Å². The van der Waals surface area contributed by atoms with Crippen LogP contribution >= 0.6 is 0 Å². The van der Waals surface area contributed by atoms with Crippen molar-refractivity contribution in [3.63, 3.8) is 0 Å². The van der Waals surface area contributed by atoms with E-state index in [4.69, 9.17) is 0 Å². The van der Waals surface area contributed by atoms with Crippen molar-refractivity contribution >= 4 is 23.1 Å². The van der Waals surface area contributed by atoms with Crippen molar-refractivity contribution in [3.8, 4) is 0 Å². The molecule has 256 valence electrons. The molecule has 14 heteroatoms. The number of H-pyrrole nitrogens is 2. The lowest BCUT2D eigenvalue weighted by atomic mass is 9.80. The molecular weight excluding hydrogens is 678 g/mol. The van der Waals surface area contributed by atoms with E-state index in [0.717, 1.165) is 0 Å². The van der Waals surface area contributed by atoms with Crippen LogP contribution in [0, 0.1) is 63.6 Å². The minimum absolute atomic E-state index is 0.0662. The molecule has 0 aliphatic carbocycles. The van der Waals surface area contributed by atoms with Gasteiger partial charge in [0.2, 0.25) is 11.6 Å². The molecule has 8 bridgehead atoms. The summed E-state index contributed by atoms with van der Waals surface area (Å²) in [5.41, 5.74) is -4.83. The van der Waals surface area contributed by atoms with Gasteiger partial charge in [-0.3, -0.25) is 9.98 Å². The molecule has 0 saturated heterocycles. The molecule has 0 saturated carbocycles. The Morgan fingerprint density at radius 3 is 1.38 bits per heavy atom. The fraction of sp³-hybridized carbons (Fsp3) is 0.167. The standard InChI is InChI=1S/C36H22F10N4/c1-35(2)13-11-17(47-12-13)22(24-27(39)31(43)34(46)32(44)28(24)40)16-7-10-20(50-16)36(3,4)19-9-6-15(49-19)21(14-5-8-18(35)48-14)23-25(37)29(41)33(45)30(42)26(23)38/h5-12,49-50H,1-4H3/b21-14+,22-17-. The molecule has 3 aliphatic heterocycles. The highest BCUT2D eigenvalue weighted by Crippen LogP contribution is 2.44. The van der Waals surface area contributed by atoms with Crippen molar-refractivity contribution in [3.05, 3.63) is 152 Å². The van der Waals surface area contributed by atoms with Crippen molar-refractivity contribution in [2.45, 2.75) is 33.1 Å². The Hall–Kier alpha value is -5.40. The van der Waals surface area contributed by atoms with Gasteiger partial charge < -0.3 is 9.97 Å². The third kappa shape index (κ3) is 4.60. The van der Waals surface area contributed by atoms with Crippen LogP contribution in [-0.4, -0.2) is 21.9 Å². The monoisotopic (exact) mass is 700 g/mol. The van der Waals surface area contributed by atoms with Gasteiger partial charge in [-0.15, -0.1) is 0 Å². The minimum atomic E-state index is -2.33. The number of nitrogens with zero attached hydrogens (tertiary/aromatic N) is 2. The van der Waals surface area contributed by atoms with Crippen molar-refractivity contribution in [2.24, 2.45) is 15.4 Å². The maximum Gasteiger partial charge on any atom is 0.200 e. The van der Waals surface area contributed by atoms with Gasteiger partial charge in [-0.05, 0) is 61.9 Å².